The molecule has 5 nitrogen and oxygen atoms in total. The fourth-order valence-electron chi connectivity index (χ4n) is 1.89. The van der Waals surface area contributed by atoms with Crippen molar-refractivity contribution < 1.29 is 0 Å². The van der Waals surface area contributed by atoms with Crippen LogP contribution in [0.2, 0.25) is 0 Å². The molecule has 0 amide bonds. The topological polar surface area (TPSA) is 56.8 Å². The highest BCUT2D eigenvalue weighted by molar-refractivity contribution is 4.96. The molecule has 84 valence electrons. The third kappa shape index (κ3) is 2.35. The average Bonchev–Trinajstić information content (AvgIpc) is 2.78. The van der Waals surface area contributed by atoms with E-state index in [1.807, 2.05) is 0 Å². The summed E-state index contributed by atoms with van der Waals surface area (Å²) in [5, 5.41) is 10.6. The third-order valence-corrected chi connectivity index (χ3v) is 2.96. The van der Waals surface area contributed by atoms with Crippen LogP contribution in [0.4, 0.5) is 0 Å². The Labute approximate surface area is 90.3 Å². The predicted molar refractivity (Wildman–Crippen MR) is 58.6 cm³/mol. The van der Waals surface area contributed by atoms with Crippen molar-refractivity contribution in [3.8, 4) is 0 Å². The summed E-state index contributed by atoms with van der Waals surface area (Å²) in [7, 11) is 0. The van der Waals surface area contributed by atoms with E-state index < -0.39 is 0 Å². The van der Waals surface area contributed by atoms with Crippen LogP contribution in [0.25, 0.3) is 0 Å². The summed E-state index contributed by atoms with van der Waals surface area (Å²) in [5.41, 5.74) is 0. The normalized spacial score (nSPS) is 20.4. The molecule has 1 aromatic rings. The largest absolute Gasteiger partial charge is 0.314 e. The van der Waals surface area contributed by atoms with Gasteiger partial charge in [-0.25, -0.2) is 4.98 Å². The molecule has 5 heteroatoms. The third-order valence-electron chi connectivity index (χ3n) is 2.96. The molecule has 15 heavy (non-hydrogen) atoms. The maximum absolute atomic E-state index is 4.48. The van der Waals surface area contributed by atoms with E-state index in [1.54, 1.807) is 0 Å². The molecule has 1 aliphatic heterocycles. The lowest BCUT2D eigenvalue weighted by Crippen LogP contribution is -2.44. The smallest absolute Gasteiger partial charge is 0.167 e. The van der Waals surface area contributed by atoms with Crippen LogP contribution in [-0.4, -0.2) is 46.3 Å². The van der Waals surface area contributed by atoms with E-state index in [-0.39, 0.29) is 0 Å². The number of H-pyrrole nitrogens is 1. The highest BCUT2D eigenvalue weighted by Gasteiger charge is 2.20. The van der Waals surface area contributed by atoms with Gasteiger partial charge in [0.2, 0.25) is 0 Å². The van der Waals surface area contributed by atoms with Gasteiger partial charge in [0, 0.05) is 32.6 Å². The van der Waals surface area contributed by atoms with Crippen molar-refractivity contribution in [2.75, 3.05) is 26.2 Å². The van der Waals surface area contributed by atoms with Crippen molar-refractivity contribution in [2.45, 2.75) is 26.3 Å². The number of aryl methyl sites for hydroxylation is 1. The number of aromatic nitrogens is 3. The van der Waals surface area contributed by atoms with Crippen LogP contribution in [0.5, 0.6) is 0 Å². The van der Waals surface area contributed by atoms with Gasteiger partial charge in [-0.05, 0) is 6.92 Å². The van der Waals surface area contributed by atoms with Crippen LogP contribution in [0.1, 0.15) is 31.5 Å². The summed E-state index contributed by atoms with van der Waals surface area (Å²) < 4.78 is 0. The Hall–Kier alpha value is -0.940. The Bertz CT molecular complexity index is 303. The van der Waals surface area contributed by atoms with E-state index in [9.17, 15) is 0 Å². The van der Waals surface area contributed by atoms with Crippen molar-refractivity contribution in [2.24, 2.45) is 0 Å². The summed E-state index contributed by atoms with van der Waals surface area (Å²) in [4.78, 5) is 6.89. The lowest BCUT2D eigenvalue weighted by Gasteiger charge is -2.31. The number of rotatable bonds is 3. The Morgan fingerprint density at radius 2 is 2.13 bits per heavy atom. The summed E-state index contributed by atoms with van der Waals surface area (Å²) in [5.74, 6) is 1.90. The van der Waals surface area contributed by atoms with Crippen LogP contribution in [-0.2, 0) is 6.42 Å². The van der Waals surface area contributed by atoms with Gasteiger partial charge in [-0.1, -0.05) is 6.92 Å². The molecular formula is C10H19N5. The van der Waals surface area contributed by atoms with E-state index >= 15 is 0 Å². The lowest BCUT2D eigenvalue weighted by atomic mass is 10.2. The number of hydrogen-bond donors (Lipinski definition) is 2. The minimum atomic E-state index is 0.323. The molecule has 2 rings (SSSR count). The molecule has 0 aliphatic carbocycles. The van der Waals surface area contributed by atoms with Crippen molar-refractivity contribution in [1.29, 1.82) is 0 Å². The molecule has 0 saturated carbocycles. The number of piperazine rings is 1. The van der Waals surface area contributed by atoms with Crippen LogP contribution in [0.3, 0.4) is 0 Å². The molecule has 0 bridgehead atoms. The number of aromatic amines is 1. The fraction of sp³-hybridized carbons (Fsp3) is 0.800. The second kappa shape index (κ2) is 4.72. The zero-order valence-electron chi connectivity index (χ0n) is 9.45. The first-order chi connectivity index (χ1) is 7.31. The highest BCUT2D eigenvalue weighted by Crippen LogP contribution is 2.16. The van der Waals surface area contributed by atoms with Gasteiger partial charge < -0.3 is 5.32 Å². The molecule has 1 aliphatic rings. The summed E-state index contributed by atoms with van der Waals surface area (Å²) in [6.07, 6.45) is 0.918. The molecule has 1 fully saturated rings. The van der Waals surface area contributed by atoms with Crippen LogP contribution in [0.15, 0.2) is 0 Å². The molecule has 1 aromatic heterocycles. The summed E-state index contributed by atoms with van der Waals surface area (Å²) in [6.45, 7) is 8.55. The van der Waals surface area contributed by atoms with E-state index in [1.165, 1.54) is 0 Å². The Balaban J connectivity index is 2.02. The fourth-order valence-corrected chi connectivity index (χ4v) is 1.89. The molecule has 2 N–H and O–H groups in total. The Kier molecular flexibility index (Phi) is 3.33. The van der Waals surface area contributed by atoms with Crippen molar-refractivity contribution in [3.05, 3.63) is 11.6 Å². The van der Waals surface area contributed by atoms with Crippen LogP contribution in [0, 0.1) is 0 Å². The van der Waals surface area contributed by atoms with E-state index in [2.05, 4.69) is 39.2 Å². The van der Waals surface area contributed by atoms with Crippen molar-refractivity contribution >= 4 is 0 Å². The van der Waals surface area contributed by atoms with Gasteiger partial charge in [0.1, 0.15) is 5.82 Å². The minimum absolute atomic E-state index is 0.323. The van der Waals surface area contributed by atoms with Gasteiger partial charge in [-0.3, -0.25) is 10.00 Å². The van der Waals surface area contributed by atoms with Crippen molar-refractivity contribution in [3.63, 3.8) is 0 Å². The first-order valence-electron chi connectivity index (χ1n) is 5.67. The summed E-state index contributed by atoms with van der Waals surface area (Å²) in [6, 6.07) is 0.323. The van der Waals surface area contributed by atoms with Gasteiger partial charge in [0.25, 0.3) is 0 Å². The zero-order chi connectivity index (χ0) is 10.7. The number of hydrogen-bond acceptors (Lipinski definition) is 4. The summed E-state index contributed by atoms with van der Waals surface area (Å²) >= 11 is 0. The molecule has 1 unspecified atom stereocenters. The number of nitrogens with zero attached hydrogens (tertiary/aromatic N) is 3. The number of nitrogens with one attached hydrogen (secondary N) is 2. The second-order valence-corrected chi connectivity index (χ2v) is 3.96. The predicted octanol–water partition coefficient (Wildman–Crippen LogP) is 0.333. The van der Waals surface area contributed by atoms with Crippen molar-refractivity contribution in [1.82, 2.24) is 25.4 Å². The van der Waals surface area contributed by atoms with E-state index in [4.69, 9.17) is 0 Å². The molecule has 0 spiro atoms. The zero-order valence-corrected chi connectivity index (χ0v) is 9.45. The highest BCUT2D eigenvalue weighted by atomic mass is 15.3. The lowest BCUT2D eigenvalue weighted by molar-refractivity contribution is 0.179. The van der Waals surface area contributed by atoms with Crippen LogP contribution >= 0.6 is 0 Å². The standard InChI is InChI=1S/C10H19N5/c1-3-9-12-10(14-13-9)8(2)15-6-4-11-5-7-15/h8,11H,3-7H2,1-2H3,(H,12,13,14). The van der Waals surface area contributed by atoms with Gasteiger partial charge >= 0.3 is 0 Å². The van der Waals surface area contributed by atoms with Crippen LogP contribution < -0.4 is 5.32 Å². The second-order valence-electron chi connectivity index (χ2n) is 3.96. The van der Waals surface area contributed by atoms with Gasteiger partial charge in [0.05, 0.1) is 6.04 Å². The molecule has 2 heterocycles. The first kappa shape index (κ1) is 10.6. The Morgan fingerprint density at radius 3 is 2.73 bits per heavy atom. The Morgan fingerprint density at radius 1 is 1.40 bits per heavy atom. The quantitative estimate of drug-likeness (QED) is 0.753. The molecule has 0 radical (unpaired) electrons. The van der Waals surface area contributed by atoms with Gasteiger partial charge in [-0.2, -0.15) is 5.10 Å². The molecule has 1 saturated heterocycles. The average molecular weight is 209 g/mol. The maximum Gasteiger partial charge on any atom is 0.167 e. The van der Waals surface area contributed by atoms with Gasteiger partial charge in [-0.15, -0.1) is 0 Å². The van der Waals surface area contributed by atoms with E-state index in [0.717, 1.165) is 44.2 Å². The molecule has 1 atom stereocenters. The first-order valence-corrected chi connectivity index (χ1v) is 5.67. The minimum Gasteiger partial charge on any atom is -0.314 e. The monoisotopic (exact) mass is 209 g/mol. The van der Waals surface area contributed by atoms with E-state index in [0.29, 0.717) is 6.04 Å². The maximum atomic E-state index is 4.48. The molecule has 0 aromatic carbocycles. The molecular weight excluding hydrogens is 190 g/mol. The SMILES string of the molecule is CCc1nc(C(C)N2CCNCC2)n[nH]1. The van der Waals surface area contributed by atoms with Gasteiger partial charge in [0.15, 0.2) is 5.82 Å².